The van der Waals surface area contributed by atoms with Crippen molar-refractivity contribution in [1.29, 1.82) is 0 Å². The number of Topliss-reactive ketones (excluding diaryl/α,β-unsaturated/α-hetero) is 1. The molecule has 1 unspecified atom stereocenters. The van der Waals surface area contributed by atoms with E-state index in [4.69, 9.17) is 16.3 Å². The number of aromatic nitrogens is 4. The average molecular weight is 460 g/mol. The number of anilines is 2. The third-order valence-electron chi connectivity index (χ3n) is 5.77. The van der Waals surface area contributed by atoms with Gasteiger partial charge in [-0.1, -0.05) is 23.7 Å². The molecule has 0 aliphatic heterocycles. The molecular formula is C25H22ClN5O2. The lowest BCUT2D eigenvalue weighted by Gasteiger charge is -2.23. The van der Waals surface area contributed by atoms with E-state index in [0.29, 0.717) is 41.9 Å². The van der Waals surface area contributed by atoms with Gasteiger partial charge < -0.3 is 4.74 Å². The molecule has 2 heterocycles. The SMILES string of the molecule is CCOc1ccc2nc(Nc3ncc4c(n3)CC(c3ccc(Cl)cc3)CC4=O)nc(C)c2c1. The number of aryl methyl sites for hydroxylation is 1. The number of ketones is 1. The lowest BCUT2D eigenvalue weighted by molar-refractivity contribution is 0.0962. The molecule has 0 amide bonds. The molecule has 1 N–H and O–H groups in total. The van der Waals surface area contributed by atoms with Gasteiger partial charge in [0.15, 0.2) is 5.78 Å². The summed E-state index contributed by atoms with van der Waals surface area (Å²) in [5.41, 5.74) is 3.99. The number of nitrogens with zero attached hydrogens (tertiary/aromatic N) is 4. The van der Waals surface area contributed by atoms with Crippen molar-refractivity contribution in [1.82, 2.24) is 19.9 Å². The summed E-state index contributed by atoms with van der Waals surface area (Å²) in [5, 5.41) is 4.70. The molecule has 166 valence electrons. The van der Waals surface area contributed by atoms with Crippen LogP contribution in [0.1, 0.15) is 46.6 Å². The zero-order valence-corrected chi connectivity index (χ0v) is 19.1. The van der Waals surface area contributed by atoms with Crippen molar-refractivity contribution in [3.63, 3.8) is 0 Å². The van der Waals surface area contributed by atoms with E-state index in [0.717, 1.165) is 33.6 Å². The standard InChI is InChI=1S/C25H22ClN5O2/c1-3-33-18-8-9-21-19(12-18)14(2)28-25(29-21)31-24-27-13-20-22(30-24)10-16(11-23(20)32)15-4-6-17(26)7-5-15/h4-9,12-13,16H,3,10-11H2,1-2H3,(H,27,28,29,30,31). The van der Waals surface area contributed by atoms with Gasteiger partial charge in [0.05, 0.1) is 29.1 Å². The highest BCUT2D eigenvalue weighted by Gasteiger charge is 2.28. The molecule has 0 spiro atoms. The lowest BCUT2D eigenvalue weighted by Crippen LogP contribution is -2.21. The van der Waals surface area contributed by atoms with Gasteiger partial charge in [-0.3, -0.25) is 10.1 Å². The number of hydrogen-bond acceptors (Lipinski definition) is 7. The molecule has 4 aromatic rings. The van der Waals surface area contributed by atoms with Crippen LogP contribution in [0.4, 0.5) is 11.9 Å². The quantitative estimate of drug-likeness (QED) is 0.425. The number of hydrogen-bond donors (Lipinski definition) is 1. The summed E-state index contributed by atoms with van der Waals surface area (Å²) in [6.45, 7) is 4.47. The van der Waals surface area contributed by atoms with Gasteiger partial charge in [0.25, 0.3) is 0 Å². The highest BCUT2D eigenvalue weighted by atomic mass is 35.5. The van der Waals surface area contributed by atoms with Crippen LogP contribution in [0.15, 0.2) is 48.7 Å². The number of ether oxygens (including phenoxy) is 1. The zero-order chi connectivity index (χ0) is 22.9. The van der Waals surface area contributed by atoms with Crippen LogP contribution in [-0.2, 0) is 6.42 Å². The van der Waals surface area contributed by atoms with E-state index in [1.165, 1.54) is 0 Å². The Hall–Kier alpha value is -3.58. The van der Waals surface area contributed by atoms with Crippen LogP contribution in [0, 0.1) is 6.92 Å². The van der Waals surface area contributed by atoms with Crippen LogP contribution in [0.5, 0.6) is 5.75 Å². The Morgan fingerprint density at radius 2 is 1.88 bits per heavy atom. The summed E-state index contributed by atoms with van der Waals surface area (Å²) < 4.78 is 5.58. The maximum Gasteiger partial charge on any atom is 0.230 e. The summed E-state index contributed by atoms with van der Waals surface area (Å²) in [7, 11) is 0. The minimum absolute atomic E-state index is 0.0469. The average Bonchev–Trinajstić information content (AvgIpc) is 2.80. The molecule has 7 nitrogen and oxygen atoms in total. The van der Waals surface area contributed by atoms with E-state index in [1.54, 1.807) is 6.20 Å². The van der Waals surface area contributed by atoms with E-state index in [9.17, 15) is 4.79 Å². The summed E-state index contributed by atoms with van der Waals surface area (Å²) in [6.07, 6.45) is 2.67. The van der Waals surface area contributed by atoms with Gasteiger partial charge in [0.2, 0.25) is 11.9 Å². The van der Waals surface area contributed by atoms with Gasteiger partial charge in [-0.15, -0.1) is 0 Å². The first-order valence-corrected chi connectivity index (χ1v) is 11.2. The number of carbonyl (C=O) groups excluding carboxylic acids is 1. The minimum Gasteiger partial charge on any atom is -0.494 e. The Morgan fingerprint density at radius 3 is 2.67 bits per heavy atom. The molecule has 5 rings (SSSR count). The van der Waals surface area contributed by atoms with E-state index in [2.05, 4.69) is 25.3 Å². The molecular weight excluding hydrogens is 438 g/mol. The van der Waals surface area contributed by atoms with E-state index in [1.807, 2.05) is 56.3 Å². The predicted molar refractivity (Wildman–Crippen MR) is 128 cm³/mol. The number of fused-ring (bicyclic) bond motifs is 2. The number of nitrogens with one attached hydrogen (secondary N) is 1. The predicted octanol–water partition coefficient (Wildman–Crippen LogP) is 5.44. The molecule has 0 saturated carbocycles. The Labute approximate surface area is 196 Å². The molecule has 0 bridgehead atoms. The summed E-state index contributed by atoms with van der Waals surface area (Å²) in [5.74, 6) is 1.66. The normalized spacial score (nSPS) is 15.4. The van der Waals surface area contributed by atoms with E-state index in [-0.39, 0.29) is 11.7 Å². The van der Waals surface area contributed by atoms with Crippen molar-refractivity contribution in [3.05, 3.63) is 76.2 Å². The first-order valence-electron chi connectivity index (χ1n) is 10.8. The van der Waals surface area contributed by atoms with Crippen molar-refractivity contribution >= 4 is 40.2 Å². The maximum absolute atomic E-state index is 12.7. The molecule has 0 saturated heterocycles. The number of halogens is 1. The molecule has 0 radical (unpaired) electrons. The third-order valence-corrected chi connectivity index (χ3v) is 6.03. The van der Waals surface area contributed by atoms with Crippen LogP contribution < -0.4 is 10.1 Å². The molecule has 0 fully saturated rings. The van der Waals surface area contributed by atoms with E-state index < -0.39 is 0 Å². The highest BCUT2D eigenvalue weighted by molar-refractivity contribution is 6.30. The van der Waals surface area contributed by atoms with Gasteiger partial charge in [-0.05, 0) is 62.1 Å². The lowest BCUT2D eigenvalue weighted by atomic mass is 9.82. The molecule has 2 aromatic carbocycles. The molecule has 1 aliphatic rings. The smallest absolute Gasteiger partial charge is 0.230 e. The first kappa shape index (κ1) is 21.3. The van der Waals surface area contributed by atoms with Crippen molar-refractivity contribution < 1.29 is 9.53 Å². The van der Waals surface area contributed by atoms with Crippen molar-refractivity contribution in [2.24, 2.45) is 0 Å². The van der Waals surface area contributed by atoms with Crippen LogP contribution in [0.2, 0.25) is 5.02 Å². The molecule has 2 aromatic heterocycles. The van der Waals surface area contributed by atoms with Crippen LogP contribution in [0.25, 0.3) is 10.9 Å². The van der Waals surface area contributed by atoms with Crippen molar-refractivity contribution in [2.45, 2.75) is 32.6 Å². The van der Waals surface area contributed by atoms with Gasteiger partial charge in [-0.2, -0.15) is 0 Å². The van der Waals surface area contributed by atoms with Gasteiger partial charge in [-0.25, -0.2) is 19.9 Å². The first-order chi connectivity index (χ1) is 16.0. The topological polar surface area (TPSA) is 89.9 Å². The van der Waals surface area contributed by atoms with Crippen molar-refractivity contribution in [2.75, 3.05) is 11.9 Å². The number of rotatable bonds is 5. The summed E-state index contributed by atoms with van der Waals surface area (Å²) in [4.78, 5) is 30.8. The second-order valence-corrected chi connectivity index (χ2v) is 8.44. The fourth-order valence-electron chi connectivity index (χ4n) is 4.15. The Balaban J connectivity index is 1.42. The Bertz CT molecular complexity index is 1360. The second-order valence-electron chi connectivity index (χ2n) is 8.00. The molecule has 8 heteroatoms. The Kier molecular flexibility index (Phi) is 5.64. The summed E-state index contributed by atoms with van der Waals surface area (Å²) >= 11 is 6.01. The molecule has 1 aliphatic carbocycles. The largest absolute Gasteiger partial charge is 0.494 e. The number of benzene rings is 2. The van der Waals surface area contributed by atoms with Crippen molar-refractivity contribution in [3.8, 4) is 5.75 Å². The van der Waals surface area contributed by atoms with Gasteiger partial charge >= 0.3 is 0 Å². The molecule has 33 heavy (non-hydrogen) atoms. The third kappa shape index (κ3) is 4.36. The fourth-order valence-corrected chi connectivity index (χ4v) is 4.27. The van der Waals surface area contributed by atoms with Crippen LogP contribution >= 0.6 is 11.6 Å². The summed E-state index contributed by atoms with van der Waals surface area (Å²) in [6, 6.07) is 13.4. The van der Waals surface area contributed by atoms with Gasteiger partial charge in [0, 0.05) is 23.0 Å². The monoisotopic (exact) mass is 459 g/mol. The van der Waals surface area contributed by atoms with Crippen LogP contribution in [0.3, 0.4) is 0 Å². The maximum atomic E-state index is 12.7. The second kappa shape index (κ2) is 8.75. The van der Waals surface area contributed by atoms with E-state index >= 15 is 0 Å². The van der Waals surface area contributed by atoms with Gasteiger partial charge in [0.1, 0.15) is 5.75 Å². The fraction of sp³-hybridized carbons (Fsp3) is 0.240. The van der Waals surface area contributed by atoms with Crippen LogP contribution in [-0.4, -0.2) is 32.3 Å². The highest BCUT2D eigenvalue weighted by Crippen LogP contribution is 2.33. The Morgan fingerprint density at radius 1 is 1.06 bits per heavy atom. The molecule has 1 atom stereocenters. The zero-order valence-electron chi connectivity index (χ0n) is 18.3. The minimum atomic E-state index is 0.0469. The number of carbonyl (C=O) groups is 1.